The summed E-state index contributed by atoms with van der Waals surface area (Å²) in [5.74, 6) is 0.563. The third kappa shape index (κ3) is 3.58. The Morgan fingerprint density at radius 3 is 2.71 bits per heavy atom. The first-order valence-corrected chi connectivity index (χ1v) is 6.74. The lowest BCUT2D eigenvalue weighted by atomic mass is 9.83. The summed E-state index contributed by atoms with van der Waals surface area (Å²) in [5, 5.41) is 10.3. The number of halogens is 1. The lowest BCUT2D eigenvalue weighted by Crippen LogP contribution is -2.11. The molecule has 0 aromatic heterocycles. The van der Waals surface area contributed by atoms with Gasteiger partial charge in [0.15, 0.2) is 0 Å². The Bertz CT molecular complexity index is 392. The van der Waals surface area contributed by atoms with Gasteiger partial charge >= 0.3 is 0 Å². The van der Waals surface area contributed by atoms with E-state index >= 15 is 0 Å². The standard InChI is InChI=1S/C15H19ClO/c16-15-8-4-5-12(10-15)9-14(11-17)13-6-2-1-3-7-13/h4-5,8-10,13,17H,1-3,6-7,11H2. The summed E-state index contributed by atoms with van der Waals surface area (Å²) in [5.41, 5.74) is 2.25. The highest BCUT2D eigenvalue weighted by Crippen LogP contribution is 2.30. The molecule has 1 saturated carbocycles. The second-order valence-corrected chi connectivity index (χ2v) is 5.20. The summed E-state index contributed by atoms with van der Waals surface area (Å²) in [7, 11) is 0. The Morgan fingerprint density at radius 2 is 2.06 bits per heavy atom. The molecule has 1 aromatic carbocycles. The SMILES string of the molecule is OCC(=Cc1cccc(Cl)c1)C1CCCCC1. The molecule has 0 radical (unpaired) electrons. The Morgan fingerprint density at radius 1 is 1.29 bits per heavy atom. The number of aliphatic hydroxyl groups excluding tert-OH is 1. The van der Waals surface area contributed by atoms with Gasteiger partial charge in [-0.15, -0.1) is 0 Å². The molecule has 92 valence electrons. The van der Waals surface area contributed by atoms with Crippen molar-refractivity contribution < 1.29 is 5.11 Å². The maximum absolute atomic E-state index is 9.51. The van der Waals surface area contributed by atoms with E-state index in [0.717, 1.165) is 16.2 Å². The van der Waals surface area contributed by atoms with E-state index in [2.05, 4.69) is 6.08 Å². The average molecular weight is 251 g/mol. The molecule has 17 heavy (non-hydrogen) atoms. The normalized spacial score (nSPS) is 18.4. The minimum Gasteiger partial charge on any atom is -0.392 e. The van der Waals surface area contributed by atoms with Gasteiger partial charge in [-0.25, -0.2) is 0 Å². The van der Waals surface area contributed by atoms with Crippen LogP contribution in [0.25, 0.3) is 6.08 Å². The van der Waals surface area contributed by atoms with Gasteiger partial charge in [0.25, 0.3) is 0 Å². The third-order valence-corrected chi connectivity index (χ3v) is 3.75. The van der Waals surface area contributed by atoms with Gasteiger partial charge in [0.1, 0.15) is 0 Å². The lowest BCUT2D eigenvalue weighted by molar-refractivity contribution is 0.295. The third-order valence-electron chi connectivity index (χ3n) is 3.51. The van der Waals surface area contributed by atoms with Crippen LogP contribution in [0.4, 0.5) is 0 Å². The summed E-state index contributed by atoms with van der Waals surface area (Å²) in [6.45, 7) is 0.164. The summed E-state index contributed by atoms with van der Waals surface area (Å²) >= 11 is 5.97. The molecule has 1 N–H and O–H groups in total. The van der Waals surface area contributed by atoms with Crippen LogP contribution in [0.15, 0.2) is 29.8 Å². The van der Waals surface area contributed by atoms with E-state index in [9.17, 15) is 5.11 Å². The van der Waals surface area contributed by atoms with Gasteiger partial charge in [-0.2, -0.15) is 0 Å². The van der Waals surface area contributed by atoms with Crippen molar-refractivity contribution in [1.82, 2.24) is 0 Å². The van der Waals surface area contributed by atoms with E-state index < -0.39 is 0 Å². The number of hydrogen-bond acceptors (Lipinski definition) is 1. The fourth-order valence-corrected chi connectivity index (χ4v) is 2.78. The quantitative estimate of drug-likeness (QED) is 0.848. The van der Waals surface area contributed by atoms with Crippen LogP contribution in [0.3, 0.4) is 0 Å². The zero-order chi connectivity index (χ0) is 12.1. The molecule has 1 fully saturated rings. The van der Waals surface area contributed by atoms with Gasteiger partial charge in [0.05, 0.1) is 6.61 Å². The summed E-state index contributed by atoms with van der Waals surface area (Å²) in [6.07, 6.45) is 8.45. The molecule has 0 unspecified atom stereocenters. The molecule has 0 spiro atoms. The molecule has 1 aliphatic rings. The van der Waals surface area contributed by atoms with Crippen LogP contribution in [-0.4, -0.2) is 11.7 Å². The van der Waals surface area contributed by atoms with Crippen molar-refractivity contribution in [1.29, 1.82) is 0 Å². The Kier molecular flexibility index (Phi) is 4.64. The smallest absolute Gasteiger partial charge is 0.0647 e. The van der Waals surface area contributed by atoms with Gasteiger partial charge in [-0.05, 0) is 42.0 Å². The van der Waals surface area contributed by atoms with Crippen molar-refractivity contribution in [2.45, 2.75) is 32.1 Å². The molecule has 1 aromatic rings. The summed E-state index contributed by atoms with van der Waals surface area (Å²) in [6, 6.07) is 7.80. The Labute approximate surface area is 108 Å². The first-order chi connectivity index (χ1) is 8.29. The maximum atomic E-state index is 9.51. The van der Waals surface area contributed by atoms with Gasteiger partial charge in [0, 0.05) is 5.02 Å². The Balaban J connectivity index is 2.16. The molecule has 0 aliphatic heterocycles. The number of rotatable bonds is 3. The Hall–Kier alpha value is -0.790. The predicted molar refractivity (Wildman–Crippen MR) is 73.1 cm³/mol. The van der Waals surface area contributed by atoms with Crippen molar-refractivity contribution in [3.63, 3.8) is 0 Å². The van der Waals surface area contributed by atoms with E-state index in [1.165, 1.54) is 32.1 Å². The van der Waals surface area contributed by atoms with Crippen LogP contribution >= 0.6 is 11.6 Å². The molecular formula is C15H19ClO. The van der Waals surface area contributed by atoms with Crippen LogP contribution < -0.4 is 0 Å². The molecule has 0 atom stereocenters. The minimum absolute atomic E-state index is 0.164. The predicted octanol–water partition coefficient (Wildman–Crippen LogP) is 4.30. The molecule has 0 heterocycles. The fraction of sp³-hybridized carbons (Fsp3) is 0.467. The van der Waals surface area contributed by atoms with Gasteiger partial charge < -0.3 is 5.11 Å². The van der Waals surface area contributed by atoms with Crippen LogP contribution in [-0.2, 0) is 0 Å². The van der Waals surface area contributed by atoms with E-state index in [0.29, 0.717) is 5.92 Å². The van der Waals surface area contributed by atoms with Crippen molar-refractivity contribution >= 4 is 17.7 Å². The molecule has 0 amide bonds. The van der Waals surface area contributed by atoms with Crippen molar-refractivity contribution in [2.75, 3.05) is 6.61 Å². The highest BCUT2D eigenvalue weighted by atomic mass is 35.5. The van der Waals surface area contributed by atoms with Crippen LogP contribution in [0.5, 0.6) is 0 Å². The minimum atomic E-state index is 0.164. The van der Waals surface area contributed by atoms with E-state index in [4.69, 9.17) is 11.6 Å². The highest BCUT2D eigenvalue weighted by molar-refractivity contribution is 6.30. The van der Waals surface area contributed by atoms with Gasteiger partial charge in [0.2, 0.25) is 0 Å². The van der Waals surface area contributed by atoms with E-state index in [1.807, 2.05) is 24.3 Å². The second-order valence-electron chi connectivity index (χ2n) is 4.77. The molecular weight excluding hydrogens is 232 g/mol. The molecule has 2 rings (SSSR count). The van der Waals surface area contributed by atoms with Crippen LogP contribution in [0.1, 0.15) is 37.7 Å². The molecule has 0 saturated heterocycles. The maximum Gasteiger partial charge on any atom is 0.0647 e. The summed E-state index contributed by atoms with van der Waals surface area (Å²) in [4.78, 5) is 0. The lowest BCUT2D eigenvalue weighted by Gasteiger charge is -2.23. The summed E-state index contributed by atoms with van der Waals surface area (Å²) < 4.78 is 0. The molecule has 2 heteroatoms. The van der Waals surface area contributed by atoms with E-state index in [-0.39, 0.29) is 6.61 Å². The number of aliphatic hydroxyl groups is 1. The topological polar surface area (TPSA) is 20.2 Å². The zero-order valence-electron chi connectivity index (χ0n) is 10.0. The molecule has 1 nitrogen and oxygen atoms in total. The largest absolute Gasteiger partial charge is 0.392 e. The van der Waals surface area contributed by atoms with Crippen LogP contribution in [0, 0.1) is 5.92 Å². The van der Waals surface area contributed by atoms with E-state index in [1.54, 1.807) is 0 Å². The van der Waals surface area contributed by atoms with Gasteiger partial charge in [-0.3, -0.25) is 0 Å². The van der Waals surface area contributed by atoms with Crippen LogP contribution in [0.2, 0.25) is 5.02 Å². The monoisotopic (exact) mass is 250 g/mol. The average Bonchev–Trinajstić information content (AvgIpc) is 2.37. The van der Waals surface area contributed by atoms with Crippen molar-refractivity contribution in [2.24, 2.45) is 5.92 Å². The van der Waals surface area contributed by atoms with Gasteiger partial charge in [-0.1, -0.05) is 49.1 Å². The number of benzene rings is 1. The molecule has 0 bridgehead atoms. The fourth-order valence-electron chi connectivity index (χ4n) is 2.58. The van der Waals surface area contributed by atoms with Crippen molar-refractivity contribution in [3.8, 4) is 0 Å². The highest BCUT2D eigenvalue weighted by Gasteiger charge is 2.17. The zero-order valence-corrected chi connectivity index (χ0v) is 10.8. The number of hydrogen-bond donors (Lipinski definition) is 1. The molecule has 1 aliphatic carbocycles. The van der Waals surface area contributed by atoms with Crippen molar-refractivity contribution in [3.05, 3.63) is 40.4 Å². The first-order valence-electron chi connectivity index (χ1n) is 6.36. The second kappa shape index (κ2) is 6.23. The first kappa shape index (κ1) is 12.7.